The van der Waals surface area contributed by atoms with Gasteiger partial charge in [-0.25, -0.2) is 4.98 Å². The summed E-state index contributed by atoms with van der Waals surface area (Å²) in [6, 6.07) is 7.51. The van der Waals surface area contributed by atoms with E-state index in [9.17, 15) is 9.59 Å². The van der Waals surface area contributed by atoms with Crippen LogP contribution in [0, 0.1) is 11.8 Å². The lowest BCUT2D eigenvalue weighted by molar-refractivity contribution is -0.137. The normalized spacial score (nSPS) is 15.3. The quantitative estimate of drug-likeness (QED) is 0.845. The molecule has 1 aliphatic heterocycles. The monoisotopic (exact) mass is 391 g/mol. The second kappa shape index (κ2) is 8.18. The molecule has 0 saturated carbocycles. The maximum absolute atomic E-state index is 12.5. The Bertz CT molecular complexity index is 798. The standard InChI is InChI=1S/C19H22ClN3O2S/c1-12(2)18(25)23-9-7-13(8-10-23)17(24)22-19-21-16(11-26-19)14-5-3-4-6-15(14)20/h3-6,11-13H,7-10H2,1-2H3,(H,21,22,24). The molecule has 1 N–H and O–H groups in total. The zero-order chi connectivity index (χ0) is 18.7. The number of anilines is 1. The number of carbonyl (C=O) groups excluding carboxylic acids is 2. The molecule has 2 amide bonds. The molecular formula is C19H22ClN3O2S. The average molecular weight is 392 g/mol. The fraction of sp³-hybridized carbons (Fsp3) is 0.421. The Morgan fingerprint density at radius 3 is 2.62 bits per heavy atom. The third-order valence-corrected chi connectivity index (χ3v) is 5.64. The molecule has 0 radical (unpaired) electrons. The summed E-state index contributed by atoms with van der Waals surface area (Å²) in [5, 5.41) is 6.01. The maximum atomic E-state index is 12.5. The van der Waals surface area contributed by atoms with Gasteiger partial charge in [0.2, 0.25) is 11.8 Å². The molecule has 0 bridgehead atoms. The molecule has 1 aliphatic rings. The number of piperidine rings is 1. The summed E-state index contributed by atoms with van der Waals surface area (Å²) in [4.78, 5) is 30.9. The minimum atomic E-state index is -0.0844. The molecule has 0 atom stereocenters. The number of nitrogens with one attached hydrogen (secondary N) is 1. The van der Waals surface area contributed by atoms with E-state index in [0.717, 1.165) is 11.3 Å². The second-order valence-electron chi connectivity index (χ2n) is 6.76. The number of aromatic nitrogens is 1. The third-order valence-electron chi connectivity index (χ3n) is 4.56. The van der Waals surface area contributed by atoms with Crippen LogP contribution in [0.2, 0.25) is 5.02 Å². The van der Waals surface area contributed by atoms with Gasteiger partial charge >= 0.3 is 0 Å². The molecule has 0 unspecified atom stereocenters. The molecule has 1 aromatic carbocycles. The third kappa shape index (κ3) is 4.24. The number of carbonyl (C=O) groups is 2. The van der Waals surface area contributed by atoms with Gasteiger partial charge in [-0.2, -0.15) is 0 Å². The molecule has 0 spiro atoms. The summed E-state index contributed by atoms with van der Waals surface area (Å²) in [6.07, 6.45) is 1.38. The molecule has 2 aromatic rings. The number of amides is 2. The van der Waals surface area contributed by atoms with Gasteiger partial charge < -0.3 is 10.2 Å². The first kappa shape index (κ1) is 18.9. The SMILES string of the molecule is CC(C)C(=O)N1CCC(C(=O)Nc2nc(-c3ccccc3Cl)cs2)CC1. The number of hydrogen-bond donors (Lipinski definition) is 1. The molecule has 2 heterocycles. The highest BCUT2D eigenvalue weighted by molar-refractivity contribution is 7.14. The zero-order valence-corrected chi connectivity index (χ0v) is 16.4. The van der Waals surface area contributed by atoms with Crippen LogP contribution in [-0.4, -0.2) is 34.8 Å². The van der Waals surface area contributed by atoms with E-state index in [4.69, 9.17) is 11.6 Å². The molecule has 1 aromatic heterocycles. The smallest absolute Gasteiger partial charge is 0.229 e. The Hall–Kier alpha value is -1.92. The minimum Gasteiger partial charge on any atom is -0.342 e. The number of thiazole rings is 1. The fourth-order valence-corrected chi connectivity index (χ4v) is 4.00. The van der Waals surface area contributed by atoms with Gasteiger partial charge in [-0.3, -0.25) is 9.59 Å². The predicted molar refractivity (Wildman–Crippen MR) is 105 cm³/mol. The Morgan fingerprint density at radius 1 is 1.27 bits per heavy atom. The van der Waals surface area contributed by atoms with Crippen molar-refractivity contribution in [2.45, 2.75) is 26.7 Å². The van der Waals surface area contributed by atoms with Crippen LogP contribution in [0.3, 0.4) is 0 Å². The molecule has 138 valence electrons. The van der Waals surface area contributed by atoms with Crippen molar-refractivity contribution in [3.05, 3.63) is 34.7 Å². The van der Waals surface area contributed by atoms with E-state index in [1.807, 2.05) is 48.4 Å². The Kier molecular flexibility index (Phi) is 5.94. The van der Waals surface area contributed by atoms with Gasteiger partial charge in [-0.1, -0.05) is 43.6 Å². The van der Waals surface area contributed by atoms with E-state index in [2.05, 4.69) is 10.3 Å². The van der Waals surface area contributed by atoms with Gasteiger partial charge in [-0.15, -0.1) is 11.3 Å². The first-order chi connectivity index (χ1) is 12.5. The van der Waals surface area contributed by atoms with E-state index >= 15 is 0 Å². The van der Waals surface area contributed by atoms with Gasteiger partial charge in [-0.05, 0) is 18.9 Å². The summed E-state index contributed by atoms with van der Waals surface area (Å²) < 4.78 is 0. The van der Waals surface area contributed by atoms with Gasteiger partial charge in [0.25, 0.3) is 0 Å². The highest BCUT2D eigenvalue weighted by atomic mass is 35.5. The lowest BCUT2D eigenvalue weighted by Gasteiger charge is -2.32. The van der Waals surface area contributed by atoms with Crippen molar-refractivity contribution in [3.63, 3.8) is 0 Å². The van der Waals surface area contributed by atoms with Crippen LogP contribution in [0.1, 0.15) is 26.7 Å². The highest BCUT2D eigenvalue weighted by Gasteiger charge is 2.28. The van der Waals surface area contributed by atoms with Crippen LogP contribution < -0.4 is 5.32 Å². The summed E-state index contributed by atoms with van der Waals surface area (Å²) in [6.45, 7) is 5.08. The van der Waals surface area contributed by atoms with Crippen molar-refractivity contribution >= 4 is 39.9 Å². The van der Waals surface area contributed by atoms with Gasteiger partial charge in [0.15, 0.2) is 5.13 Å². The summed E-state index contributed by atoms with van der Waals surface area (Å²) in [5.74, 6) is 0.0488. The van der Waals surface area contributed by atoms with Crippen molar-refractivity contribution in [2.75, 3.05) is 18.4 Å². The summed E-state index contributed by atoms with van der Waals surface area (Å²) in [7, 11) is 0. The highest BCUT2D eigenvalue weighted by Crippen LogP contribution is 2.30. The fourth-order valence-electron chi connectivity index (χ4n) is 3.06. The number of hydrogen-bond acceptors (Lipinski definition) is 4. The largest absolute Gasteiger partial charge is 0.342 e. The van der Waals surface area contributed by atoms with Crippen LogP contribution in [0.4, 0.5) is 5.13 Å². The molecule has 0 aliphatic carbocycles. The summed E-state index contributed by atoms with van der Waals surface area (Å²) in [5.41, 5.74) is 1.61. The van der Waals surface area contributed by atoms with Crippen LogP contribution >= 0.6 is 22.9 Å². The van der Waals surface area contributed by atoms with Crippen LogP contribution in [-0.2, 0) is 9.59 Å². The molecule has 3 rings (SSSR count). The van der Waals surface area contributed by atoms with Crippen LogP contribution in [0.25, 0.3) is 11.3 Å². The van der Waals surface area contributed by atoms with Crippen molar-refractivity contribution in [2.24, 2.45) is 11.8 Å². The molecule has 7 heteroatoms. The van der Waals surface area contributed by atoms with Crippen LogP contribution in [0.15, 0.2) is 29.6 Å². The van der Waals surface area contributed by atoms with E-state index in [-0.39, 0.29) is 23.7 Å². The molecule has 1 fully saturated rings. The molecular weight excluding hydrogens is 370 g/mol. The Labute approximate surface area is 162 Å². The number of nitrogens with zero attached hydrogens (tertiary/aromatic N) is 2. The first-order valence-corrected chi connectivity index (χ1v) is 10.0. The lowest BCUT2D eigenvalue weighted by Crippen LogP contribution is -2.43. The Balaban J connectivity index is 1.58. The van der Waals surface area contributed by atoms with E-state index in [0.29, 0.717) is 36.1 Å². The van der Waals surface area contributed by atoms with E-state index in [1.54, 1.807) is 0 Å². The van der Waals surface area contributed by atoms with E-state index < -0.39 is 0 Å². The second-order valence-corrected chi connectivity index (χ2v) is 8.03. The van der Waals surface area contributed by atoms with Gasteiger partial charge in [0.1, 0.15) is 0 Å². The van der Waals surface area contributed by atoms with Crippen molar-refractivity contribution in [1.82, 2.24) is 9.88 Å². The molecule has 1 saturated heterocycles. The number of rotatable bonds is 4. The maximum Gasteiger partial charge on any atom is 0.229 e. The Morgan fingerprint density at radius 2 is 1.96 bits per heavy atom. The van der Waals surface area contributed by atoms with Crippen molar-refractivity contribution in [1.29, 1.82) is 0 Å². The number of halogens is 1. The van der Waals surface area contributed by atoms with Gasteiger partial charge in [0.05, 0.1) is 5.69 Å². The lowest BCUT2D eigenvalue weighted by atomic mass is 9.95. The first-order valence-electron chi connectivity index (χ1n) is 8.75. The van der Waals surface area contributed by atoms with Gasteiger partial charge in [0, 0.05) is 40.9 Å². The van der Waals surface area contributed by atoms with Crippen LogP contribution in [0.5, 0.6) is 0 Å². The topological polar surface area (TPSA) is 62.3 Å². The average Bonchev–Trinajstić information content (AvgIpc) is 3.09. The zero-order valence-electron chi connectivity index (χ0n) is 14.9. The number of benzene rings is 1. The number of likely N-dealkylation sites (tertiary alicyclic amines) is 1. The predicted octanol–water partition coefficient (Wildman–Crippen LogP) is 4.30. The van der Waals surface area contributed by atoms with Crippen molar-refractivity contribution < 1.29 is 9.59 Å². The van der Waals surface area contributed by atoms with E-state index in [1.165, 1.54) is 11.3 Å². The molecule has 5 nitrogen and oxygen atoms in total. The van der Waals surface area contributed by atoms with Crippen molar-refractivity contribution in [3.8, 4) is 11.3 Å². The summed E-state index contributed by atoms with van der Waals surface area (Å²) >= 11 is 7.59. The molecule has 26 heavy (non-hydrogen) atoms. The minimum absolute atomic E-state index is 0.000994.